The quantitative estimate of drug-likeness (QED) is 0.811. The highest BCUT2D eigenvalue weighted by Gasteiger charge is 2.15. The van der Waals surface area contributed by atoms with E-state index < -0.39 is 0 Å². The Morgan fingerprint density at radius 3 is 2.68 bits per heavy atom. The van der Waals surface area contributed by atoms with Crippen molar-refractivity contribution in [2.45, 2.75) is 13.3 Å². The zero-order chi connectivity index (χ0) is 14.3. The van der Waals surface area contributed by atoms with Gasteiger partial charge in [-0.15, -0.1) is 0 Å². The molecule has 1 aromatic heterocycles. The molecule has 1 N–H and O–H groups in total. The Hall–Kier alpha value is -1.62. The molecule has 5 heteroatoms. The summed E-state index contributed by atoms with van der Waals surface area (Å²) in [6.45, 7) is 4.47. The fraction of sp³-hybridized carbons (Fsp3) is 0.571. The van der Waals surface area contributed by atoms with Crippen LogP contribution < -0.4 is 5.32 Å². The summed E-state index contributed by atoms with van der Waals surface area (Å²) in [5.74, 6) is 0.678. The van der Waals surface area contributed by atoms with Crippen molar-refractivity contribution >= 4 is 11.7 Å². The molecule has 0 aliphatic heterocycles. The van der Waals surface area contributed by atoms with Gasteiger partial charge in [0.2, 0.25) is 0 Å². The van der Waals surface area contributed by atoms with Gasteiger partial charge in [-0.05, 0) is 46.1 Å². The van der Waals surface area contributed by atoms with Crippen LogP contribution in [0.3, 0.4) is 0 Å². The molecule has 1 aromatic rings. The minimum atomic E-state index is 0.0165. The molecule has 106 valence electrons. The maximum atomic E-state index is 12.3. The molecule has 0 unspecified atom stereocenters. The molecule has 0 aliphatic carbocycles. The van der Waals surface area contributed by atoms with Gasteiger partial charge in [-0.2, -0.15) is 0 Å². The standard InChI is InChI=1S/C14H24N4O/c1-5-15-13-12(8-6-9-16-13)14(19)18(4)11-7-10-17(2)3/h6,8-9H,5,7,10-11H2,1-4H3,(H,15,16). The molecular weight excluding hydrogens is 240 g/mol. The first-order chi connectivity index (χ1) is 9.06. The second-order valence-corrected chi connectivity index (χ2v) is 4.81. The number of rotatable bonds is 7. The van der Waals surface area contributed by atoms with Crippen molar-refractivity contribution in [3.8, 4) is 0 Å². The Bertz CT molecular complexity index is 406. The van der Waals surface area contributed by atoms with E-state index >= 15 is 0 Å². The van der Waals surface area contributed by atoms with E-state index in [1.165, 1.54) is 0 Å². The van der Waals surface area contributed by atoms with Crippen molar-refractivity contribution in [1.82, 2.24) is 14.8 Å². The van der Waals surface area contributed by atoms with Gasteiger partial charge in [0.25, 0.3) is 5.91 Å². The molecule has 0 radical (unpaired) electrons. The molecular formula is C14H24N4O. The van der Waals surface area contributed by atoms with Crippen LogP contribution in [0.4, 0.5) is 5.82 Å². The van der Waals surface area contributed by atoms with Gasteiger partial charge in [0, 0.05) is 26.3 Å². The highest BCUT2D eigenvalue weighted by atomic mass is 16.2. The molecule has 0 saturated heterocycles. The van der Waals surface area contributed by atoms with Gasteiger partial charge in [0.15, 0.2) is 0 Å². The number of nitrogens with zero attached hydrogens (tertiary/aromatic N) is 3. The number of anilines is 1. The van der Waals surface area contributed by atoms with Crippen molar-refractivity contribution in [1.29, 1.82) is 0 Å². The molecule has 0 saturated carbocycles. The molecule has 0 aromatic carbocycles. The summed E-state index contributed by atoms with van der Waals surface area (Å²) in [6.07, 6.45) is 2.66. The Balaban J connectivity index is 2.65. The third kappa shape index (κ3) is 4.87. The van der Waals surface area contributed by atoms with Crippen LogP contribution in [0.2, 0.25) is 0 Å². The minimum Gasteiger partial charge on any atom is -0.370 e. The first-order valence-electron chi connectivity index (χ1n) is 6.65. The van der Waals surface area contributed by atoms with Crippen molar-refractivity contribution < 1.29 is 4.79 Å². The molecule has 19 heavy (non-hydrogen) atoms. The molecule has 0 fully saturated rings. The summed E-state index contributed by atoms with van der Waals surface area (Å²) < 4.78 is 0. The molecule has 0 spiro atoms. The number of hydrogen-bond acceptors (Lipinski definition) is 4. The van der Waals surface area contributed by atoms with Crippen molar-refractivity contribution in [2.75, 3.05) is 46.1 Å². The maximum absolute atomic E-state index is 12.3. The highest BCUT2D eigenvalue weighted by molar-refractivity contribution is 5.98. The fourth-order valence-electron chi connectivity index (χ4n) is 1.82. The van der Waals surface area contributed by atoms with Crippen LogP contribution >= 0.6 is 0 Å². The van der Waals surface area contributed by atoms with Gasteiger partial charge in [-0.25, -0.2) is 4.98 Å². The average Bonchev–Trinajstić information content (AvgIpc) is 2.38. The molecule has 0 bridgehead atoms. The number of carbonyl (C=O) groups is 1. The third-order valence-electron chi connectivity index (χ3n) is 2.83. The molecule has 1 rings (SSSR count). The first-order valence-corrected chi connectivity index (χ1v) is 6.65. The van der Waals surface area contributed by atoms with E-state index in [2.05, 4.69) is 15.2 Å². The lowest BCUT2D eigenvalue weighted by atomic mass is 10.2. The van der Waals surface area contributed by atoms with Crippen LogP contribution in [0.25, 0.3) is 0 Å². The summed E-state index contributed by atoms with van der Waals surface area (Å²) >= 11 is 0. The summed E-state index contributed by atoms with van der Waals surface area (Å²) in [4.78, 5) is 20.4. The smallest absolute Gasteiger partial charge is 0.257 e. The zero-order valence-electron chi connectivity index (χ0n) is 12.3. The van der Waals surface area contributed by atoms with Gasteiger partial charge in [-0.1, -0.05) is 0 Å². The minimum absolute atomic E-state index is 0.0165. The maximum Gasteiger partial charge on any atom is 0.257 e. The predicted molar refractivity (Wildman–Crippen MR) is 78.5 cm³/mol. The summed E-state index contributed by atoms with van der Waals surface area (Å²) in [7, 11) is 5.90. The van der Waals surface area contributed by atoms with Gasteiger partial charge < -0.3 is 15.1 Å². The van der Waals surface area contributed by atoms with E-state index in [4.69, 9.17) is 0 Å². The van der Waals surface area contributed by atoms with Gasteiger partial charge in [0.1, 0.15) is 5.82 Å². The van der Waals surface area contributed by atoms with E-state index in [1.807, 2.05) is 34.1 Å². The monoisotopic (exact) mass is 264 g/mol. The molecule has 5 nitrogen and oxygen atoms in total. The summed E-state index contributed by atoms with van der Waals surface area (Å²) in [5, 5.41) is 3.12. The first kappa shape index (κ1) is 15.4. The second-order valence-electron chi connectivity index (χ2n) is 4.81. The summed E-state index contributed by atoms with van der Waals surface area (Å²) in [6, 6.07) is 3.61. The van der Waals surface area contributed by atoms with E-state index in [1.54, 1.807) is 17.2 Å². The van der Waals surface area contributed by atoms with Gasteiger partial charge in [-0.3, -0.25) is 4.79 Å². The lowest BCUT2D eigenvalue weighted by Crippen LogP contribution is -2.30. The van der Waals surface area contributed by atoms with E-state index in [0.717, 1.165) is 26.1 Å². The van der Waals surface area contributed by atoms with Crippen LogP contribution in [-0.2, 0) is 0 Å². The zero-order valence-corrected chi connectivity index (χ0v) is 12.3. The van der Waals surface area contributed by atoms with Crippen molar-refractivity contribution in [3.05, 3.63) is 23.9 Å². The number of nitrogens with one attached hydrogen (secondary N) is 1. The normalized spacial score (nSPS) is 10.6. The van der Waals surface area contributed by atoms with Crippen LogP contribution in [0, 0.1) is 0 Å². The molecule has 1 amide bonds. The van der Waals surface area contributed by atoms with Crippen LogP contribution in [0.15, 0.2) is 18.3 Å². The molecule has 0 atom stereocenters. The fourth-order valence-corrected chi connectivity index (χ4v) is 1.82. The number of amides is 1. The SMILES string of the molecule is CCNc1ncccc1C(=O)N(C)CCCN(C)C. The van der Waals surface area contributed by atoms with Crippen molar-refractivity contribution in [2.24, 2.45) is 0 Å². The van der Waals surface area contributed by atoms with Crippen LogP contribution in [-0.4, -0.2) is 61.5 Å². The Morgan fingerprint density at radius 1 is 1.32 bits per heavy atom. The Kier molecular flexibility index (Phi) is 6.29. The second kappa shape index (κ2) is 7.74. The van der Waals surface area contributed by atoms with E-state index in [0.29, 0.717) is 11.4 Å². The third-order valence-corrected chi connectivity index (χ3v) is 2.83. The van der Waals surface area contributed by atoms with Crippen molar-refractivity contribution in [3.63, 3.8) is 0 Å². The van der Waals surface area contributed by atoms with Crippen LogP contribution in [0.5, 0.6) is 0 Å². The number of aromatic nitrogens is 1. The largest absolute Gasteiger partial charge is 0.370 e. The van der Waals surface area contributed by atoms with Gasteiger partial charge in [0.05, 0.1) is 5.56 Å². The lowest BCUT2D eigenvalue weighted by Gasteiger charge is -2.19. The molecule has 1 heterocycles. The summed E-state index contributed by atoms with van der Waals surface area (Å²) in [5.41, 5.74) is 0.636. The number of pyridine rings is 1. The van der Waals surface area contributed by atoms with Gasteiger partial charge >= 0.3 is 0 Å². The van der Waals surface area contributed by atoms with Crippen LogP contribution in [0.1, 0.15) is 23.7 Å². The number of carbonyl (C=O) groups excluding carboxylic acids is 1. The number of hydrogen-bond donors (Lipinski definition) is 1. The van der Waals surface area contributed by atoms with E-state index in [-0.39, 0.29) is 5.91 Å². The lowest BCUT2D eigenvalue weighted by molar-refractivity contribution is 0.0791. The Morgan fingerprint density at radius 2 is 2.05 bits per heavy atom. The average molecular weight is 264 g/mol. The predicted octanol–water partition coefficient (Wildman–Crippen LogP) is 1.54. The molecule has 0 aliphatic rings. The van der Waals surface area contributed by atoms with E-state index in [9.17, 15) is 4.79 Å². The Labute approximate surface area is 115 Å². The topological polar surface area (TPSA) is 48.5 Å². The highest BCUT2D eigenvalue weighted by Crippen LogP contribution is 2.13.